The molecule has 25 heavy (non-hydrogen) atoms. The number of nitrogens with zero attached hydrogens (tertiary/aromatic N) is 2. The molecule has 1 N–H and O–H groups in total. The van der Waals surface area contributed by atoms with E-state index in [1.54, 1.807) is 18.5 Å². The third-order valence-electron chi connectivity index (χ3n) is 3.26. The number of amides is 1. The number of carbonyl (C=O) groups excluding carboxylic acids is 1. The summed E-state index contributed by atoms with van der Waals surface area (Å²) in [5, 5.41) is 4.42. The van der Waals surface area contributed by atoms with Gasteiger partial charge in [-0.05, 0) is 43.3 Å². The number of ether oxygens (including phenoxy) is 1. The van der Waals surface area contributed by atoms with Gasteiger partial charge in [0.2, 0.25) is 0 Å². The molecule has 0 saturated carbocycles. The number of anilines is 1. The molecule has 0 bridgehead atoms. The van der Waals surface area contributed by atoms with Gasteiger partial charge in [0.1, 0.15) is 15.8 Å². The number of benzene rings is 1. The van der Waals surface area contributed by atoms with Crippen molar-refractivity contribution in [1.82, 2.24) is 9.97 Å². The molecule has 0 aliphatic heterocycles. The monoisotopic (exact) mass is 351 g/mol. The first-order valence-electron chi connectivity index (χ1n) is 7.73. The Bertz CT molecular complexity index is 839. The summed E-state index contributed by atoms with van der Waals surface area (Å²) in [7, 11) is 0. The van der Waals surface area contributed by atoms with Crippen LogP contribution in [0.4, 0.5) is 5.69 Å². The van der Waals surface area contributed by atoms with Crippen LogP contribution in [0.25, 0.3) is 0 Å². The molecule has 1 amide bonds. The summed E-state index contributed by atoms with van der Waals surface area (Å²) in [6.45, 7) is 1.95. The molecule has 0 aliphatic carbocycles. The van der Waals surface area contributed by atoms with E-state index in [1.165, 1.54) is 11.8 Å². The highest BCUT2D eigenvalue weighted by Crippen LogP contribution is 2.25. The highest BCUT2D eigenvalue weighted by molar-refractivity contribution is 7.99. The van der Waals surface area contributed by atoms with Crippen LogP contribution in [0.3, 0.4) is 0 Å². The highest BCUT2D eigenvalue weighted by Gasteiger charge is 2.06. The predicted molar refractivity (Wildman–Crippen MR) is 97.9 cm³/mol. The molecule has 0 atom stereocenters. The predicted octanol–water partition coefficient (Wildman–Crippen LogP) is 3.95. The molecule has 0 fully saturated rings. The van der Waals surface area contributed by atoms with Crippen molar-refractivity contribution in [3.05, 3.63) is 72.6 Å². The molecule has 0 spiro atoms. The van der Waals surface area contributed by atoms with Gasteiger partial charge >= 0.3 is 0 Å². The second-order valence-electron chi connectivity index (χ2n) is 5.30. The van der Waals surface area contributed by atoms with Crippen molar-refractivity contribution in [2.45, 2.75) is 17.0 Å². The molecule has 6 heteroatoms. The summed E-state index contributed by atoms with van der Waals surface area (Å²) < 4.78 is 5.48. The van der Waals surface area contributed by atoms with Crippen molar-refractivity contribution in [2.75, 3.05) is 11.9 Å². The molecular formula is C19H17N3O2S. The molecule has 126 valence electrons. The summed E-state index contributed by atoms with van der Waals surface area (Å²) in [5.74, 6) is 0.447. The van der Waals surface area contributed by atoms with Crippen LogP contribution in [0.5, 0.6) is 5.75 Å². The van der Waals surface area contributed by atoms with E-state index < -0.39 is 0 Å². The SMILES string of the molecule is Cc1ccc(OCC(=O)Nc2ccnc(Sc3ccccn3)c2)cc1. The van der Waals surface area contributed by atoms with Crippen molar-refractivity contribution < 1.29 is 9.53 Å². The Balaban J connectivity index is 1.56. The van der Waals surface area contributed by atoms with Gasteiger partial charge in [-0.25, -0.2) is 9.97 Å². The number of carbonyl (C=O) groups is 1. The zero-order valence-corrected chi connectivity index (χ0v) is 14.5. The first-order chi connectivity index (χ1) is 12.2. The second kappa shape index (κ2) is 8.30. The number of nitrogens with one attached hydrogen (secondary N) is 1. The maximum atomic E-state index is 12.0. The molecule has 3 rings (SSSR count). The molecule has 0 radical (unpaired) electrons. The smallest absolute Gasteiger partial charge is 0.262 e. The molecule has 0 saturated heterocycles. The van der Waals surface area contributed by atoms with Gasteiger partial charge in [-0.1, -0.05) is 35.5 Å². The van der Waals surface area contributed by atoms with Gasteiger partial charge in [0.25, 0.3) is 5.91 Å². The molecule has 0 unspecified atom stereocenters. The molecule has 1 aromatic carbocycles. The Morgan fingerprint density at radius 2 is 1.84 bits per heavy atom. The summed E-state index contributed by atoms with van der Waals surface area (Å²) in [6, 6.07) is 16.8. The van der Waals surface area contributed by atoms with E-state index in [2.05, 4.69) is 15.3 Å². The van der Waals surface area contributed by atoms with Crippen LogP contribution in [-0.2, 0) is 4.79 Å². The zero-order chi connectivity index (χ0) is 17.5. The van der Waals surface area contributed by atoms with Gasteiger partial charge in [0, 0.05) is 18.1 Å². The van der Waals surface area contributed by atoms with E-state index in [1.807, 2.05) is 55.5 Å². The highest BCUT2D eigenvalue weighted by atomic mass is 32.2. The normalized spacial score (nSPS) is 10.3. The van der Waals surface area contributed by atoms with E-state index in [4.69, 9.17) is 4.74 Å². The summed E-state index contributed by atoms with van der Waals surface area (Å²) in [4.78, 5) is 20.6. The van der Waals surface area contributed by atoms with E-state index in [0.29, 0.717) is 11.4 Å². The van der Waals surface area contributed by atoms with E-state index >= 15 is 0 Å². The van der Waals surface area contributed by atoms with E-state index in [-0.39, 0.29) is 12.5 Å². The van der Waals surface area contributed by atoms with Crippen molar-refractivity contribution in [1.29, 1.82) is 0 Å². The molecule has 2 heterocycles. The average molecular weight is 351 g/mol. The minimum absolute atomic E-state index is 0.0475. The zero-order valence-electron chi connectivity index (χ0n) is 13.7. The number of rotatable bonds is 6. The van der Waals surface area contributed by atoms with Crippen LogP contribution < -0.4 is 10.1 Å². The van der Waals surface area contributed by atoms with Gasteiger partial charge in [-0.2, -0.15) is 0 Å². The lowest BCUT2D eigenvalue weighted by Gasteiger charge is -2.08. The topological polar surface area (TPSA) is 64.1 Å². The quantitative estimate of drug-likeness (QED) is 0.728. The maximum Gasteiger partial charge on any atom is 0.262 e. The van der Waals surface area contributed by atoms with Gasteiger partial charge in [0.15, 0.2) is 6.61 Å². The summed E-state index contributed by atoms with van der Waals surface area (Å²) in [5.41, 5.74) is 1.82. The standard InChI is InChI=1S/C19H17N3O2S/c1-14-5-7-16(8-6-14)24-13-17(23)22-15-9-11-21-19(12-15)25-18-4-2-3-10-20-18/h2-12H,13H2,1H3,(H,21,22,23). The Morgan fingerprint density at radius 3 is 2.60 bits per heavy atom. The lowest BCUT2D eigenvalue weighted by Crippen LogP contribution is -2.20. The number of pyridine rings is 2. The van der Waals surface area contributed by atoms with Crippen LogP contribution in [0, 0.1) is 6.92 Å². The fraction of sp³-hybridized carbons (Fsp3) is 0.105. The van der Waals surface area contributed by atoms with Crippen LogP contribution >= 0.6 is 11.8 Å². The van der Waals surface area contributed by atoms with Gasteiger partial charge in [-0.15, -0.1) is 0 Å². The molecule has 0 aliphatic rings. The van der Waals surface area contributed by atoms with Crippen molar-refractivity contribution in [2.24, 2.45) is 0 Å². The van der Waals surface area contributed by atoms with E-state index in [9.17, 15) is 4.79 Å². The lowest BCUT2D eigenvalue weighted by molar-refractivity contribution is -0.118. The van der Waals surface area contributed by atoms with E-state index in [0.717, 1.165) is 15.6 Å². The third kappa shape index (κ3) is 5.32. The van der Waals surface area contributed by atoms with Crippen LogP contribution in [0.2, 0.25) is 0 Å². The Morgan fingerprint density at radius 1 is 1.04 bits per heavy atom. The van der Waals surface area contributed by atoms with Gasteiger partial charge < -0.3 is 10.1 Å². The first-order valence-corrected chi connectivity index (χ1v) is 8.55. The lowest BCUT2D eigenvalue weighted by atomic mass is 10.2. The number of hydrogen-bond donors (Lipinski definition) is 1. The second-order valence-corrected chi connectivity index (χ2v) is 6.34. The summed E-state index contributed by atoms with van der Waals surface area (Å²) >= 11 is 1.44. The largest absolute Gasteiger partial charge is 0.484 e. The first kappa shape index (κ1) is 17.0. The fourth-order valence-corrected chi connectivity index (χ4v) is 2.81. The Labute approximate surface area is 150 Å². The van der Waals surface area contributed by atoms with Crippen molar-refractivity contribution >= 4 is 23.4 Å². The van der Waals surface area contributed by atoms with Crippen molar-refractivity contribution in [3.63, 3.8) is 0 Å². The molecule has 2 aromatic heterocycles. The minimum atomic E-state index is -0.222. The number of aryl methyl sites for hydroxylation is 1. The molecular weight excluding hydrogens is 334 g/mol. The average Bonchev–Trinajstić information content (AvgIpc) is 2.62. The number of aromatic nitrogens is 2. The minimum Gasteiger partial charge on any atom is -0.484 e. The molecule has 5 nitrogen and oxygen atoms in total. The van der Waals surface area contributed by atoms with Gasteiger partial charge in [-0.3, -0.25) is 4.79 Å². The molecule has 3 aromatic rings. The summed E-state index contributed by atoms with van der Waals surface area (Å²) in [6.07, 6.45) is 3.39. The Kier molecular flexibility index (Phi) is 5.64. The van der Waals surface area contributed by atoms with Crippen molar-refractivity contribution in [3.8, 4) is 5.75 Å². The van der Waals surface area contributed by atoms with Crippen LogP contribution in [0.1, 0.15) is 5.56 Å². The third-order valence-corrected chi connectivity index (χ3v) is 4.14. The van der Waals surface area contributed by atoms with Crippen LogP contribution in [0.15, 0.2) is 77.0 Å². The Hall–Kier alpha value is -2.86. The van der Waals surface area contributed by atoms with Crippen LogP contribution in [-0.4, -0.2) is 22.5 Å². The number of hydrogen-bond acceptors (Lipinski definition) is 5. The fourth-order valence-electron chi connectivity index (χ4n) is 2.04. The van der Waals surface area contributed by atoms with Gasteiger partial charge in [0.05, 0.1) is 0 Å². The maximum absolute atomic E-state index is 12.0.